The molecule has 3 aliphatic rings. The van der Waals surface area contributed by atoms with E-state index in [-0.39, 0.29) is 34.0 Å². The molecule has 0 aromatic carbocycles. The minimum atomic E-state index is -0.298. The van der Waals surface area contributed by atoms with Gasteiger partial charge in [0, 0.05) is 55.7 Å². The van der Waals surface area contributed by atoms with Crippen molar-refractivity contribution in [3.8, 4) is 11.1 Å². The summed E-state index contributed by atoms with van der Waals surface area (Å²) in [5.74, 6) is 0.448. The number of thiophene rings is 1. The van der Waals surface area contributed by atoms with Gasteiger partial charge in [0.25, 0.3) is 17.4 Å². The van der Waals surface area contributed by atoms with Gasteiger partial charge < -0.3 is 19.5 Å². The first kappa shape index (κ1) is 30.0. The molecule has 1 saturated heterocycles. The second-order valence-electron chi connectivity index (χ2n) is 12.8. The number of rotatable bonds is 6. The monoisotopic (exact) mass is 638 g/mol. The van der Waals surface area contributed by atoms with Crippen molar-refractivity contribution in [3.05, 3.63) is 85.2 Å². The van der Waals surface area contributed by atoms with Gasteiger partial charge in [-0.25, -0.2) is 9.97 Å². The second-order valence-corrected chi connectivity index (χ2v) is 13.9. The number of carbonyl (C=O) groups is 3. The zero-order valence-corrected chi connectivity index (χ0v) is 26.8. The van der Waals surface area contributed by atoms with Crippen molar-refractivity contribution in [3.63, 3.8) is 0 Å². The highest BCUT2D eigenvalue weighted by atomic mass is 32.1. The Morgan fingerprint density at radius 2 is 1.87 bits per heavy atom. The van der Waals surface area contributed by atoms with Crippen LogP contribution in [0.5, 0.6) is 0 Å². The normalized spacial score (nSPS) is 17.1. The Labute approximate surface area is 269 Å². The molecule has 0 atom stereocenters. The number of pyridine rings is 3. The highest BCUT2D eigenvalue weighted by Gasteiger charge is 2.39. The predicted octanol–water partition coefficient (Wildman–Crippen LogP) is 4.26. The van der Waals surface area contributed by atoms with Crippen molar-refractivity contribution in [2.75, 3.05) is 43.1 Å². The van der Waals surface area contributed by atoms with Crippen LogP contribution in [0.1, 0.15) is 60.2 Å². The largest absolute Gasteiger partial charge is 0.378 e. The van der Waals surface area contributed by atoms with E-state index in [1.807, 2.05) is 0 Å². The third-order valence-electron chi connectivity index (χ3n) is 8.93. The van der Waals surface area contributed by atoms with Crippen LogP contribution in [0.4, 0.5) is 17.3 Å². The molecule has 12 heteroatoms. The number of morpholine rings is 1. The molecular formula is C34H34N6O5S. The molecule has 6 heterocycles. The first-order chi connectivity index (χ1) is 22.1. The molecule has 236 valence electrons. The van der Waals surface area contributed by atoms with Crippen LogP contribution in [0.15, 0.2) is 47.7 Å². The first-order valence-electron chi connectivity index (χ1n) is 15.3. The number of aldehydes is 1. The Bertz CT molecular complexity index is 1940. The molecule has 11 nitrogen and oxygen atoms in total. The smallest absolute Gasteiger partial charge is 0.274 e. The van der Waals surface area contributed by atoms with E-state index >= 15 is 0 Å². The van der Waals surface area contributed by atoms with Gasteiger partial charge >= 0.3 is 0 Å². The number of amides is 2. The van der Waals surface area contributed by atoms with Crippen LogP contribution in [0, 0.1) is 5.41 Å². The van der Waals surface area contributed by atoms with Crippen molar-refractivity contribution in [2.24, 2.45) is 12.5 Å². The molecule has 7 rings (SSSR count). The van der Waals surface area contributed by atoms with Gasteiger partial charge in [0.1, 0.15) is 17.3 Å². The van der Waals surface area contributed by atoms with E-state index in [0.29, 0.717) is 67.6 Å². The number of aromatic nitrogens is 3. The average molecular weight is 639 g/mol. The maximum Gasteiger partial charge on any atom is 0.274 e. The third kappa shape index (κ3) is 5.31. The van der Waals surface area contributed by atoms with Crippen LogP contribution in [0.2, 0.25) is 0 Å². The molecule has 0 unspecified atom stereocenters. The average Bonchev–Trinajstić information content (AvgIpc) is 3.55. The van der Waals surface area contributed by atoms with Gasteiger partial charge in [-0.3, -0.25) is 24.1 Å². The van der Waals surface area contributed by atoms with Gasteiger partial charge in [0.15, 0.2) is 6.29 Å². The maximum absolute atomic E-state index is 13.8. The number of ether oxygens (including phenoxy) is 1. The lowest BCUT2D eigenvalue weighted by Crippen LogP contribution is -2.40. The minimum absolute atomic E-state index is 0.120. The fourth-order valence-corrected chi connectivity index (χ4v) is 8.21. The number of aryl methyl sites for hydroxylation is 1. The van der Waals surface area contributed by atoms with Crippen LogP contribution < -0.4 is 15.8 Å². The fraction of sp³-hybridized carbons (Fsp3) is 0.353. The van der Waals surface area contributed by atoms with Gasteiger partial charge in [0.05, 0.1) is 29.2 Å². The van der Waals surface area contributed by atoms with E-state index in [4.69, 9.17) is 4.74 Å². The number of hydrogen-bond acceptors (Lipinski definition) is 9. The van der Waals surface area contributed by atoms with E-state index in [2.05, 4.69) is 29.1 Å². The lowest BCUT2D eigenvalue weighted by atomic mass is 9.89. The molecule has 46 heavy (non-hydrogen) atoms. The number of carbonyl (C=O) groups excluding carboxylic acids is 3. The Balaban J connectivity index is 1.17. The summed E-state index contributed by atoms with van der Waals surface area (Å²) < 4.78 is 6.75. The fourth-order valence-electron chi connectivity index (χ4n) is 6.64. The Hall–Kier alpha value is -4.68. The summed E-state index contributed by atoms with van der Waals surface area (Å²) >= 11 is 1.58. The maximum atomic E-state index is 13.8. The number of nitrogens with one attached hydrogen (secondary N) is 1. The van der Waals surface area contributed by atoms with Crippen molar-refractivity contribution in [2.45, 2.75) is 33.1 Å². The topological polar surface area (TPSA) is 127 Å². The lowest BCUT2D eigenvalue weighted by molar-refractivity contribution is 0.0302. The molecule has 1 fully saturated rings. The van der Waals surface area contributed by atoms with Crippen molar-refractivity contribution < 1.29 is 19.1 Å². The molecule has 0 radical (unpaired) electrons. The minimum Gasteiger partial charge on any atom is -0.378 e. The highest BCUT2D eigenvalue weighted by molar-refractivity contribution is 7.14. The number of hydrogen-bond donors (Lipinski definition) is 1. The van der Waals surface area contributed by atoms with Gasteiger partial charge in [-0.05, 0) is 65.6 Å². The Morgan fingerprint density at radius 1 is 1.07 bits per heavy atom. The molecule has 1 aliphatic carbocycles. The summed E-state index contributed by atoms with van der Waals surface area (Å²) in [5.41, 5.74) is 4.50. The summed E-state index contributed by atoms with van der Waals surface area (Å²) in [6.45, 7) is 7.03. The third-order valence-corrected chi connectivity index (χ3v) is 10.2. The zero-order chi connectivity index (χ0) is 32.2. The van der Waals surface area contributed by atoms with E-state index in [1.165, 1.54) is 21.2 Å². The van der Waals surface area contributed by atoms with E-state index in [9.17, 15) is 19.2 Å². The van der Waals surface area contributed by atoms with E-state index < -0.39 is 0 Å². The predicted molar refractivity (Wildman–Crippen MR) is 175 cm³/mol. The molecule has 4 aromatic rings. The summed E-state index contributed by atoms with van der Waals surface area (Å²) in [6, 6.07) is 6.69. The molecule has 2 aliphatic heterocycles. The number of anilines is 3. The second kappa shape index (κ2) is 11.6. The van der Waals surface area contributed by atoms with Crippen LogP contribution in [-0.2, 0) is 31.0 Å². The summed E-state index contributed by atoms with van der Waals surface area (Å²) in [4.78, 5) is 66.6. The first-order valence-corrected chi connectivity index (χ1v) is 16.2. The quantitative estimate of drug-likeness (QED) is 0.311. The van der Waals surface area contributed by atoms with E-state index in [1.54, 1.807) is 64.8 Å². The molecule has 0 saturated carbocycles. The van der Waals surface area contributed by atoms with Crippen molar-refractivity contribution in [1.29, 1.82) is 0 Å². The Morgan fingerprint density at radius 3 is 2.61 bits per heavy atom. The summed E-state index contributed by atoms with van der Waals surface area (Å²) in [7, 11) is 1.63. The molecule has 0 spiro atoms. The molecule has 1 N–H and O–H groups in total. The summed E-state index contributed by atoms with van der Waals surface area (Å²) in [5, 5.41) is 3.07. The highest BCUT2D eigenvalue weighted by Crippen LogP contribution is 2.46. The van der Waals surface area contributed by atoms with E-state index in [0.717, 1.165) is 29.6 Å². The molecule has 4 aromatic heterocycles. The SMILES string of the molecule is Cn1cc(-c2ccnc(N3CCc4c(sc5c4CC(C)(C)C5)C3=O)c2C=O)cc(Nc2ccc(C(=O)N3CCOCC3)cn2)c1=O. The van der Waals surface area contributed by atoms with Crippen LogP contribution in [0.25, 0.3) is 11.1 Å². The summed E-state index contributed by atoms with van der Waals surface area (Å²) in [6.07, 6.45) is 8.10. The van der Waals surface area contributed by atoms with Crippen molar-refractivity contribution in [1.82, 2.24) is 19.4 Å². The molecule has 2 amide bonds. The van der Waals surface area contributed by atoms with Crippen LogP contribution >= 0.6 is 11.3 Å². The zero-order valence-electron chi connectivity index (χ0n) is 26.0. The molecular weight excluding hydrogens is 604 g/mol. The lowest BCUT2D eigenvalue weighted by Gasteiger charge is -2.28. The van der Waals surface area contributed by atoms with Gasteiger partial charge in [0.2, 0.25) is 0 Å². The van der Waals surface area contributed by atoms with Crippen molar-refractivity contribution >= 4 is 46.8 Å². The number of fused-ring (bicyclic) bond motifs is 3. The van der Waals surface area contributed by atoms with Crippen LogP contribution in [0.3, 0.4) is 0 Å². The number of nitrogens with zero attached hydrogens (tertiary/aromatic N) is 5. The Kier molecular flexibility index (Phi) is 7.56. The van der Waals surface area contributed by atoms with Crippen LogP contribution in [-0.4, -0.2) is 70.4 Å². The van der Waals surface area contributed by atoms with Gasteiger partial charge in [-0.15, -0.1) is 11.3 Å². The van der Waals surface area contributed by atoms with Gasteiger partial charge in [-0.2, -0.15) is 0 Å². The van der Waals surface area contributed by atoms with Gasteiger partial charge in [-0.1, -0.05) is 13.8 Å². The standard InChI is InChI=1S/C34H34N6O5S/c1-34(2)15-24-23-7-9-40(33(44)29(23)46-27(24)16-34)30-25(19-41)22(6-8-35-30)21-14-26(32(43)38(3)18-21)37-28-5-4-20(17-36-28)31(42)39-10-12-45-13-11-39/h4-6,8,14,17-19H,7,9-13,15-16H2,1-3H3,(H,36,37). The molecule has 0 bridgehead atoms.